The summed E-state index contributed by atoms with van der Waals surface area (Å²) in [5.41, 5.74) is 1.41. The molecule has 1 heterocycles. The number of aliphatic hydroxyl groups is 2. The number of aliphatic hydroxyl groups excluding tert-OH is 2. The zero-order chi connectivity index (χ0) is 18.2. The molecule has 3 fully saturated rings. The molecule has 0 aromatic carbocycles. The fourth-order valence-corrected chi connectivity index (χ4v) is 6.63. The second-order valence-corrected chi connectivity index (χ2v) is 9.80. The van der Waals surface area contributed by atoms with Crippen LogP contribution in [0.5, 0.6) is 0 Å². The molecule has 2 N–H and O–H groups in total. The molecule has 2 saturated carbocycles. The summed E-state index contributed by atoms with van der Waals surface area (Å²) in [7, 11) is 0. The maximum atomic E-state index is 11.2. The van der Waals surface area contributed by atoms with Crippen molar-refractivity contribution in [2.75, 3.05) is 0 Å². The Bertz CT molecular complexity index is 593. The summed E-state index contributed by atoms with van der Waals surface area (Å²) in [5, 5.41) is 22.3. The van der Waals surface area contributed by atoms with Crippen molar-refractivity contribution < 1.29 is 19.7 Å². The molecule has 0 aromatic rings. The number of ether oxygens (including phenoxy) is 2. The largest absolute Gasteiger partial charge is 0.390 e. The lowest BCUT2D eigenvalue weighted by Gasteiger charge is -2.57. The zero-order valence-electron chi connectivity index (χ0n) is 16.3. The highest BCUT2D eigenvalue weighted by Crippen LogP contribution is 2.62. The van der Waals surface area contributed by atoms with Crippen LogP contribution < -0.4 is 0 Å². The quantitative estimate of drug-likeness (QED) is 0.656. The molecular formula is C21H34O4. The average molecular weight is 350 g/mol. The van der Waals surface area contributed by atoms with Gasteiger partial charge in [-0.3, -0.25) is 0 Å². The highest BCUT2D eigenvalue weighted by Gasteiger charge is 2.67. The molecule has 4 rings (SSSR count). The van der Waals surface area contributed by atoms with Gasteiger partial charge in [0.15, 0.2) is 5.79 Å². The molecule has 1 saturated heterocycles. The van der Waals surface area contributed by atoms with E-state index in [2.05, 4.69) is 20.8 Å². The normalized spacial score (nSPS) is 48.4. The first-order valence-electron chi connectivity index (χ1n) is 10.0. The van der Waals surface area contributed by atoms with Gasteiger partial charge in [-0.05, 0) is 63.9 Å². The molecule has 1 spiro atoms. The highest BCUT2D eigenvalue weighted by molar-refractivity contribution is 5.36. The standard InChI is InChI=1S/C21H34O4/c1-12-10-11-21-18(24-20(4,5)25-21)14-9-7-6-8-13(14)16(22)17(23)15(12)19(21,2)3/h13-14,16-18,22-23H,6-11H2,1-5H3/t13-,14-,16?,17?,18+,21-/m1/s1. The molecule has 0 amide bonds. The van der Waals surface area contributed by atoms with Crippen molar-refractivity contribution in [1.29, 1.82) is 0 Å². The molecule has 2 bridgehead atoms. The Balaban J connectivity index is 1.92. The van der Waals surface area contributed by atoms with Crippen LogP contribution in [-0.4, -0.2) is 39.9 Å². The fraction of sp³-hybridized carbons (Fsp3) is 0.905. The number of allylic oxidation sites excluding steroid dienone is 1. The summed E-state index contributed by atoms with van der Waals surface area (Å²) in [6, 6.07) is 0. The van der Waals surface area contributed by atoms with Gasteiger partial charge in [0.2, 0.25) is 0 Å². The van der Waals surface area contributed by atoms with Gasteiger partial charge >= 0.3 is 0 Å². The van der Waals surface area contributed by atoms with Crippen molar-refractivity contribution in [2.45, 2.75) is 103 Å². The van der Waals surface area contributed by atoms with Crippen molar-refractivity contribution in [3.63, 3.8) is 0 Å². The molecule has 6 atom stereocenters. The van der Waals surface area contributed by atoms with Crippen LogP contribution in [0.1, 0.15) is 73.1 Å². The van der Waals surface area contributed by atoms with Gasteiger partial charge in [0.05, 0.1) is 12.2 Å². The number of hydrogen-bond acceptors (Lipinski definition) is 4. The van der Waals surface area contributed by atoms with E-state index in [0.717, 1.165) is 37.7 Å². The predicted octanol–water partition coefficient (Wildman–Crippen LogP) is 3.56. The van der Waals surface area contributed by atoms with Crippen LogP contribution in [0.15, 0.2) is 11.1 Å². The molecule has 142 valence electrons. The van der Waals surface area contributed by atoms with Crippen LogP contribution in [0.25, 0.3) is 0 Å². The van der Waals surface area contributed by atoms with Crippen molar-refractivity contribution in [2.24, 2.45) is 17.3 Å². The Morgan fingerprint density at radius 2 is 1.64 bits per heavy atom. The van der Waals surface area contributed by atoms with Crippen LogP contribution in [0.3, 0.4) is 0 Å². The van der Waals surface area contributed by atoms with Crippen LogP contribution in [0, 0.1) is 17.3 Å². The second-order valence-electron chi connectivity index (χ2n) is 9.80. The summed E-state index contributed by atoms with van der Waals surface area (Å²) in [6.07, 6.45) is 4.60. The Labute approximate surface area is 151 Å². The van der Waals surface area contributed by atoms with Crippen LogP contribution in [0.4, 0.5) is 0 Å². The van der Waals surface area contributed by atoms with Gasteiger partial charge in [-0.15, -0.1) is 0 Å². The van der Waals surface area contributed by atoms with Gasteiger partial charge in [-0.2, -0.15) is 0 Å². The van der Waals surface area contributed by atoms with E-state index in [0.29, 0.717) is 0 Å². The maximum absolute atomic E-state index is 11.2. The van der Waals surface area contributed by atoms with Crippen LogP contribution in [0.2, 0.25) is 0 Å². The molecule has 25 heavy (non-hydrogen) atoms. The molecule has 2 unspecified atom stereocenters. The molecular weight excluding hydrogens is 316 g/mol. The summed E-state index contributed by atoms with van der Waals surface area (Å²) in [5.74, 6) is -0.289. The van der Waals surface area contributed by atoms with Crippen molar-refractivity contribution >= 4 is 0 Å². The van der Waals surface area contributed by atoms with Gasteiger partial charge < -0.3 is 19.7 Å². The van der Waals surface area contributed by atoms with Gasteiger partial charge in [-0.1, -0.05) is 32.3 Å². The minimum atomic E-state index is -0.800. The maximum Gasteiger partial charge on any atom is 0.164 e. The summed E-state index contributed by atoms with van der Waals surface area (Å²) < 4.78 is 13.2. The van der Waals surface area contributed by atoms with E-state index in [1.165, 1.54) is 12.0 Å². The van der Waals surface area contributed by atoms with E-state index in [-0.39, 0.29) is 23.4 Å². The number of hydrogen-bond donors (Lipinski definition) is 2. The SMILES string of the molecule is CC1=C2C(O)C(O)[C@@H]3CCCC[C@H]3[C@@H]3OC(C)(C)O[C@@]3(CC1)C2(C)C. The van der Waals surface area contributed by atoms with E-state index in [1.54, 1.807) is 0 Å². The Hall–Kier alpha value is -0.420. The topological polar surface area (TPSA) is 58.9 Å². The molecule has 4 nitrogen and oxygen atoms in total. The molecule has 4 heteroatoms. The summed E-state index contributed by atoms with van der Waals surface area (Å²) in [4.78, 5) is 0. The second kappa shape index (κ2) is 5.54. The number of rotatable bonds is 0. The molecule has 4 aliphatic rings. The Kier molecular flexibility index (Phi) is 3.98. The van der Waals surface area contributed by atoms with Crippen molar-refractivity contribution in [1.82, 2.24) is 0 Å². The van der Waals surface area contributed by atoms with Crippen molar-refractivity contribution in [3.05, 3.63) is 11.1 Å². The highest BCUT2D eigenvalue weighted by atomic mass is 16.8. The van der Waals surface area contributed by atoms with Crippen LogP contribution in [-0.2, 0) is 9.47 Å². The van der Waals surface area contributed by atoms with Gasteiger partial charge in [0.1, 0.15) is 11.7 Å². The molecule has 1 aliphatic heterocycles. The van der Waals surface area contributed by atoms with Gasteiger partial charge in [-0.25, -0.2) is 0 Å². The van der Waals surface area contributed by atoms with Gasteiger partial charge in [0, 0.05) is 5.41 Å². The van der Waals surface area contributed by atoms with E-state index in [4.69, 9.17) is 9.47 Å². The number of fused-ring (bicyclic) bond motifs is 3. The summed E-state index contributed by atoms with van der Waals surface area (Å²) >= 11 is 0. The van der Waals surface area contributed by atoms with Crippen LogP contribution >= 0.6 is 0 Å². The minimum Gasteiger partial charge on any atom is -0.390 e. The fourth-order valence-electron chi connectivity index (χ4n) is 6.63. The smallest absolute Gasteiger partial charge is 0.164 e. The average Bonchev–Trinajstić information content (AvgIpc) is 2.82. The predicted molar refractivity (Wildman–Crippen MR) is 95.9 cm³/mol. The first-order chi connectivity index (χ1) is 11.6. The van der Waals surface area contributed by atoms with E-state index in [9.17, 15) is 10.2 Å². The van der Waals surface area contributed by atoms with E-state index in [1.807, 2.05) is 13.8 Å². The monoisotopic (exact) mass is 350 g/mol. The third-order valence-corrected chi connectivity index (χ3v) is 7.68. The van der Waals surface area contributed by atoms with E-state index >= 15 is 0 Å². The first-order valence-corrected chi connectivity index (χ1v) is 10.0. The van der Waals surface area contributed by atoms with Gasteiger partial charge in [0.25, 0.3) is 0 Å². The Morgan fingerprint density at radius 1 is 1.00 bits per heavy atom. The lowest BCUT2D eigenvalue weighted by Crippen LogP contribution is -2.64. The third kappa shape index (κ3) is 2.33. The third-order valence-electron chi connectivity index (χ3n) is 7.68. The lowest BCUT2D eigenvalue weighted by atomic mass is 9.52. The van der Waals surface area contributed by atoms with E-state index < -0.39 is 23.6 Å². The lowest BCUT2D eigenvalue weighted by molar-refractivity contribution is -0.188. The Morgan fingerprint density at radius 3 is 2.32 bits per heavy atom. The zero-order valence-corrected chi connectivity index (χ0v) is 16.3. The minimum absolute atomic E-state index is 0.0203. The van der Waals surface area contributed by atoms with Crippen molar-refractivity contribution in [3.8, 4) is 0 Å². The molecule has 0 radical (unpaired) electrons. The molecule has 3 aliphatic carbocycles. The molecule has 0 aromatic heterocycles. The first kappa shape index (κ1) is 18.0. The summed E-state index contributed by atoms with van der Waals surface area (Å²) in [6.45, 7) is 10.5.